The van der Waals surface area contributed by atoms with Gasteiger partial charge in [-0.2, -0.15) is 0 Å². The van der Waals surface area contributed by atoms with Gasteiger partial charge in [-0.1, -0.05) is 35.7 Å². The lowest BCUT2D eigenvalue weighted by molar-refractivity contribution is 0.720. The van der Waals surface area contributed by atoms with Gasteiger partial charge in [0.05, 0.1) is 4.58 Å². The van der Waals surface area contributed by atoms with Crippen LogP contribution in [0.15, 0.2) is 0 Å². The van der Waals surface area contributed by atoms with Crippen LogP contribution in [0, 0.1) is 0 Å². The molecule has 3 heteroatoms. The zero-order valence-electron chi connectivity index (χ0n) is 6.88. The van der Waals surface area contributed by atoms with Crippen molar-refractivity contribution < 1.29 is 0 Å². The molecule has 0 N–H and O–H groups in total. The number of hydrogen-bond acceptors (Lipinski definition) is 2. The molecule has 0 nitrogen and oxygen atoms in total. The second kappa shape index (κ2) is 5.76. The van der Waals surface area contributed by atoms with Gasteiger partial charge in [-0.25, -0.2) is 0 Å². The third-order valence-electron chi connectivity index (χ3n) is 1.82. The van der Waals surface area contributed by atoms with Gasteiger partial charge in [0.15, 0.2) is 0 Å². The fourth-order valence-electron chi connectivity index (χ4n) is 1.17. The zero-order valence-corrected chi connectivity index (χ0v) is 10.1. The molecule has 1 heterocycles. The monoisotopic (exact) mass is 254 g/mol. The van der Waals surface area contributed by atoms with Crippen LogP contribution in [0.2, 0.25) is 0 Å². The van der Waals surface area contributed by atoms with Crippen molar-refractivity contribution in [2.45, 2.75) is 36.0 Å². The molecule has 0 radical (unpaired) electrons. The lowest BCUT2D eigenvalue weighted by atomic mass is 10.2. The Balaban J connectivity index is 2.09. The summed E-state index contributed by atoms with van der Waals surface area (Å²) in [5, 5.41) is 2.10. The number of unbranched alkanes of at least 4 members (excludes halogenated alkanes) is 1. The maximum absolute atomic E-state index is 3.53. The third kappa shape index (κ3) is 3.60. The summed E-state index contributed by atoms with van der Waals surface area (Å²) >= 11 is 7.81. The van der Waals surface area contributed by atoms with E-state index in [2.05, 4.69) is 46.4 Å². The summed E-state index contributed by atoms with van der Waals surface area (Å²) in [4.78, 5) is 0. The van der Waals surface area contributed by atoms with Gasteiger partial charge >= 0.3 is 0 Å². The van der Waals surface area contributed by atoms with Crippen LogP contribution in [0.1, 0.15) is 26.2 Å². The first-order valence-corrected chi connectivity index (χ1v) is 7.31. The molecule has 11 heavy (non-hydrogen) atoms. The van der Waals surface area contributed by atoms with Crippen molar-refractivity contribution in [3.8, 4) is 0 Å². The molecule has 2 unspecified atom stereocenters. The summed E-state index contributed by atoms with van der Waals surface area (Å²) in [5.41, 5.74) is 0. The molecular weight excluding hydrogens is 240 g/mol. The van der Waals surface area contributed by atoms with E-state index >= 15 is 0 Å². The highest BCUT2D eigenvalue weighted by Gasteiger charge is 2.23. The van der Waals surface area contributed by atoms with Gasteiger partial charge in [0.1, 0.15) is 0 Å². The van der Waals surface area contributed by atoms with Crippen molar-refractivity contribution in [3.63, 3.8) is 0 Å². The fraction of sp³-hybridized carbons (Fsp3) is 1.00. The lowest BCUT2D eigenvalue weighted by Gasteiger charge is -2.06. The van der Waals surface area contributed by atoms with E-state index in [1.165, 1.54) is 25.0 Å². The highest BCUT2D eigenvalue weighted by molar-refractivity contribution is 9.09. The summed E-state index contributed by atoms with van der Waals surface area (Å²) in [6, 6.07) is 0. The molecule has 1 saturated heterocycles. The van der Waals surface area contributed by atoms with Crippen LogP contribution >= 0.6 is 39.5 Å². The first kappa shape index (κ1) is 10.3. The number of alkyl halides is 1. The minimum absolute atomic E-state index is 0.830. The van der Waals surface area contributed by atoms with E-state index in [1.54, 1.807) is 0 Å². The van der Waals surface area contributed by atoms with E-state index in [1.807, 2.05) is 0 Å². The summed E-state index contributed by atoms with van der Waals surface area (Å²) in [6.07, 6.45) is 4.19. The second-order valence-electron chi connectivity index (χ2n) is 2.82. The normalized spacial score (nSPS) is 31.1. The Morgan fingerprint density at radius 3 is 2.91 bits per heavy atom. The molecule has 2 atom stereocenters. The summed E-state index contributed by atoms with van der Waals surface area (Å²) < 4.78 is 0.830. The minimum atomic E-state index is 0.830. The predicted molar refractivity (Wildman–Crippen MR) is 60.9 cm³/mol. The SMILES string of the molecule is CCCCC1CSC(CBr)S1. The van der Waals surface area contributed by atoms with Gasteiger partial charge in [0, 0.05) is 16.3 Å². The summed E-state index contributed by atoms with van der Waals surface area (Å²) in [7, 11) is 0. The molecule has 66 valence electrons. The Labute approximate surface area is 86.4 Å². The molecule has 0 saturated carbocycles. The maximum atomic E-state index is 3.53. The van der Waals surface area contributed by atoms with Crippen LogP contribution < -0.4 is 0 Å². The molecule has 0 aliphatic carbocycles. The average Bonchev–Trinajstić information content (AvgIpc) is 2.48. The highest BCUT2D eigenvalue weighted by Crippen LogP contribution is 2.40. The van der Waals surface area contributed by atoms with Crippen LogP contribution in [-0.4, -0.2) is 20.9 Å². The maximum Gasteiger partial charge on any atom is 0.0602 e. The summed E-state index contributed by atoms with van der Waals surface area (Å²) in [5.74, 6) is 1.38. The van der Waals surface area contributed by atoms with Crippen molar-refractivity contribution in [2.24, 2.45) is 0 Å². The van der Waals surface area contributed by atoms with Gasteiger partial charge in [0.25, 0.3) is 0 Å². The largest absolute Gasteiger partial charge is 0.146 e. The second-order valence-corrected chi connectivity index (χ2v) is 6.51. The average molecular weight is 255 g/mol. The van der Waals surface area contributed by atoms with Crippen molar-refractivity contribution in [2.75, 3.05) is 11.1 Å². The molecule has 1 fully saturated rings. The molecule has 0 spiro atoms. The Bertz CT molecular complexity index is 108. The molecule has 0 aromatic rings. The predicted octanol–water partition coefficient (Wildman–Crippen LogP) is 3.75. The van der Waals surface area contributed by atoms with E-state index < -0.39 is 0 Å². The molecule has 0 aromatic carbocycles. The molecule has 1 rings (SSSR count). The van der Waals surface area contributed by atoms with Crippen LogP contribution in [0.4, 0.5) is 0 Å². The van der Waals surface area contributed by atoms with Gasteiger partial charge < -0.3 is 0 Å². The van der Waals surface area contributed by atoms with Crippen molar-refractivity contribution in [1.82, 2.24) is 0 Å². The van der Waals surface area contributed by atoms with E-state index in [0.29, 0.717) is 0 Å². The van der Waals surface area contributed by atoms with E-state index in [0.717, 1.165) is 15.2 Å². The highest BCUT2D eigenvalue weighted by atomic mass is 79.9. The number of hydrogen-bond donors (Lipinski definition) is 0. The smallest absolute Gasteiger partial charge is 0.0602 e. The Kier molecular flexibility index (Phi) is 5.38. The van der Waals surface area contributed by atoms with Crippen molar-refractivity contribution in [3.05, 3.63) is 0 Å². The van der Waals surface area contributed by atoms with Gasteiger partial charge in [-0.3, -0.25) is 0 Å². The van der Waals surface area contributed by atoms with Gasteiger partial charge in [-0.05, 0) is 6.42 Å². The Morgan fingerprint density at radius 1 is 1.55 bits per heavy atom. The van der Waals surface area contributed by atoms with E-state index in [9.17, 15) is 0 Å². The van der Waals surface area contributed by atoms with Crippen LogP contribution in [0.3, 0.4) is 0 Å². The molecule has 0 amide bonds. The fourth-order valence-corrected chi connectivity index (χ4v) is 5.25. The van der Waals surface area contributed by atoms with Crippen LogP contribution in [-0.2, 0) is 0 Å². The molecular formula is C8H15BrS2. The number of thioether (sulfide) groups is 2. The van der Waals surface area contributed by atoms with Crippen LogP contribution in [0.5, 0.6) is 0 Å². The zero-order chi connectivity index (χ0) is 8.10. The first-order valence-electron chi connectivity index (χ1n) is 4.19. The van der Waals surface area contributed by atoms with Crippen molar-refractivity contribution >= 4 is 39.5 Å². The Hall–Kier alpha value is 1.18. The molecule has 0 bridgehead atoms. The lowest BCUT2D eigenvalue weighted by Crippen LogP contribution is -2.00. The van der Waals surface area contributed by atoms with Gasteiger partial charge in [0.2, 0.25) is 0 Å². The van der Waals surface area contributed by atoms with Crippen LogP contribution in [0.25, 0.3) is 0 Å². The van der Waals surface area contributed by atoms with Crippen molar-refractivity contribution in [1.29, 1.82) is 0 Å². The minimum Gasteiger partial charge on any atom is -0.146 e. The van der Waals surface area contributed by atoms with E-state index in [4.69, 9.17) is 0 Å². The first-order chi connectivity index (χ1) is 5.36. The van der Waals surface area contributed by atoms with Gasteiger partial charge in [-0.15, -0.1) is 23.5 Å². The quantitative estimate of drug-likeness (QED) is 0.702. The van der Waals surface area contributed by atoms with E-state index in [-0.39, 0.29) is 0 Å². The molecule has 1 aliphatic heterocycles. The third-order valence-corrected chi connectivity index (χ3v) is 6.67. The molecule has 0 aromatic heterocycles. The standard InChI is InChI=1S/C8H15BrS2/c1-2-3-4-7-6-10-8(5-9)11-7/h7-8H,2-6H2,1H3. The molecule has 1 aliphatic rings. The number of halogens is 1. The Morgan fingerprint density at radius 2 is 2.36 bits per heavy atom. The number of rotatable bonds is 4. The topological polar surface area (TPSA) is 0 Å². The summed E-state index contributed by atoms with van der Waals surface area (Å²) in [6.45, 7) is 2.27.